The Hall–Kier alpha value is -1.02. The Labute approximate surface area is 153 Å². The van der Waals surface area contributed by atoms with Crippen molar-refractivity contribution in [1.82, 2.24) is 4.90 Å². The van der Waals surface area contributed by atoms with Gasteiger partial charge in [0.25, 0.3) is 0 Å². The van der Waals surface area contributed by atoms with E-state index in [1.165, 1.54) is 49.2 Å². The van der Waals surface area contributed by atoms with Crippen LogP contribution in [0.15, 0.2) is 18.2 Å². The third kappa shape index (κ3) is 2.55. The lowest BCUT2D eigenvalue weighted by Gasteiger charge is -2.60. The maximum absolute atomic E-state index is 2.91. The van der Waals surface area contributed by atoms with Gasteiger partial charge in [0, 0.05) is 24.3 Å². The molecule has 2 heteroatoms. The minimum Gasteiger partial charge on any atom is -0.357 e. The first kappa shape index (κ1) is 16.2. The van der Waals surface area contributed by atoms with Crippen molar-refractivity contribution in [2.45, 2.75) is 70.8 Å². The van der Waals surface area contributed by atoms with Crippen LogP contribution in [0.4, 0.5) is 5.69 Å². The van der Waals surface area contributed by atoms with E-state index in [9.17, 15) is 0 Å². The largest absolute Gasteiger partial charge is 0.357 e. The van der Waals surface area contributed by atoms with Crippen LogP contribution in [0.1, 0.15) is 69.4 Å². The lowest BCUT2D eigenvalue weighted by molar-refractivity contribution is -0.0797. The van der Waals surface area contributed by atoms with Crippen LogP contribution in [-0.4, -0.2) is 30.2 Å². The normalized spacial score (nSPS) is 37.4. The average molecular weight is 339 g/mol. The zero-order valence-corrected chi connectivity index (χ0v) is 16.3. The number of hydrogen-bond acceptors (Lipinski definition) is 2. The molecule has 1 heterocycles. The van der Waals surface area contributed by atoms with Gasteiger partial charge in [-0.25, -0.2) is 0 Å². The van der Waals surface area contributed by atoms with Gasteiger partial charge in [-0.1, -0.05) is 32.0 Å². The standard InChI is InChI=1S/C23H34N2/c1-16(2)21-6-4-5-17(3)22(21)24-7-8-25(15-24)23-12-18-9-19(13-23)11-20(10-18)14-23/h4-6,16,18-20H,7-15H2,1-3H3. The van der Waals surface area contributed by atoms with E-state index in [0.29, 0.717) is 11.5 Å². The van der Waals surface area contributed by atoms with Crippen molar-refractivity contribution >= 4 is 5.69 Å². The zero-order chi connectivity index (χ0) is 17.2. The second-order valence-electron chi connectivity index (χ2n) is 9.98. The predicted molar refractivity (Wildman–Crippen MR) is 105 cm³/mol. The number of nitrogens with zero attached hydrogens (tertiary/aromatic N) is 2. The number of aryl methyl sites for hydroxylation is 1. The molecular formula is C23H34N2. The highest BCUT2D eigenvalue weighted by Gasteiger charge is 2.54. The summed E-state index contributed by atoms with van der Waals surface area (Å²) in [7, 11) is 0. The first-order chi connectivity index (χ1) is 12.0. The molecule has 1 aromatic carbocycles. The quantitative estimate of drug-likeness (QED) is 0.750. The van der Waals surface area contributed by atoms with Gasteiger partial charge >= 0.3 is 0 Å². The highest BCUT2D eigenvalue weighted by Crippen LogP contribution is 2.58. The number of rotatable bonds is 3. The fourth-order valence-electron chi connectivity index (χ4n) is 7.19. The van der Waals surface area contributed by atoms with Gasteiger partial charge in [-0.05, 0) is 80.2 Å². The number of benzene rings is 1. The second kappa shape index (κ2) is 5.74. The molecule has 4 saturated carbocycles. The van der Waals surface area contributed by atoms with E-state index in [2.05, 4.69) is 48.8 Å². The van der Waals surface area contributed by atoms with Crippen molar-refractivity contribution in [3.8, 4) is 0 Å². The Morgan fingerprint density at radius 2 is 1.60 bits per heavy atom. The van der Waals surface area contributed by atoms with Gasteiger partial charge < -0.3 is 4.90 Å². The molecule has 1 aliphatic heterocycles. The fraction of sp³-hybridized carbons (Fsp3) is 0.739. The summed E-state index contributed by atoms with van der Waals surface area (Å²) in [5.41, 5.74) is 5.08. The van der Waals surface area contributed by atoms with Crippen molar-refractivity contribution in [3.05, 3.63) is 29.3 Å². The summed E-state index contributed by atoms with van der Waals surface area (Å²) in [6.07, 6.45) is 9.14. The van der Waals surface area contributed by atoms with Crippen molar-refractivity contribution in [2.75, 3.05) is 24.7 Å². The van der Waals surface area contributed by atoms with Gasteiger partial charge in [0.2, 0.25) is 0 Å². The molecule has 6 rings (SSSR count). The minimum absolute atomic E-state index is 0.560. The number of anilines is 1. The van der Waals surface area contributed by atoms with Gasteiger partial charge in [0.1, 0.15) is 0 Å². The van der Waals surface area contributed by atoms with E-state index in [1.807, 2.05) is 0 Å². The van der Waals surface area contributed by atoms with Crippen LogP contribution in [-0.2, 0) is 0 Å². The van der Waals surface area contributed by atoms with Crippen molar-refractivity contribution in [1.29, 1.82) is 0 Å². The van der Waals surface area contributed by atoms with E-state index >= 15 is 0 Å². The van der Waals surface area contributed by atoms with E-state index in [1.54, 1.807) is 19.3 Å². The zero-order valence-electron chi connectivity index (χ0n) is 16.3. The summed E-state index contributed by atoms with van der Waals surface area (Å²) >= 11 is 0. The van der Waals surface area contributed by atoms with Crippen LogP contribution in [0.25, 0.3) is 0 Å². The van der Waals surface area contributed by atoms with Gasteiger partial charge in [-0.2, -0.15) is 0 Å². The second-order valence-corrected chi connectivity index (χ2v) is 9.98. The summed E-state index contributed by atoms with van der Waals surface area (Å²) in [4.78, 5) is 5.61. The van der Waals surface area contributed by atoms with Crippen LogP contribution >= 0.6 is 0 Å². The van der Waals surface area contributed by atoms with Gasteiger partial charge in [-0.3, -0.25) is 4.90 Å². The topological polar surface area (TPSA) is 6.48 Å². The average Bonchev–Trinajstić information content (AvgIpc) is 3.03. The van der Waals surface area contributed by atoms with Crippen molar-refractivity contribution in [2.24, 2.45) is 17.8 Å². The molecule has 4 aliphatic carbocycles. The SMILES string of the molecule is Cc1cccc(C(C)C)c1N1CCN(C23CC4CC(CC(C4)C2)C3)C1. The maximum Gasteiger partial charge on any atom is 0.0713 e. The Morgan fingerprint density at radius 3 is 2.20 bits per heavy atom. The van der Waals surface area contributed by atoms with E-state index in [4.69, 9.17) is 0 Å². The molecule has 0 unspecified atom stereocenters. The molecule has 5 fully saturated rings. The first-order valence-electron chi connectivity index (χ1n) is 10.6. The van der Waals surface area contributed by atoms with E-state index in [0.717, 1.165) is 24.4 Å². The fourth-order valence-corrected chi connectivity index (χ4v) is 7.19. The van der Waals surface area contributed by atoms with Crippen LogP contribution in [0.5, 0.6) is 0 Å². The molecule has 1 aromatic rings. The molecule has 0 aromatic heterocycles. The van der Waals surface area contributed by atoms with Crippen LogP contribution in [0.2, 0.25) is 0 Å². The molecule has 5 aliphatic rings. The lowest BCUT2D eigenvalue weighted by Crippen LogP contribution is -2.59. The predicted octanol–water partition coefficient (Wildman–Crippen LogP) is 5.17. The molecule has 0 N–H and O–H groups in total. The maximum atomic E-state index is 2.91. The molecule has 4 bridgehead atoms. The number of hydrogen-bond donors (Lipinski definition) is 0. The Morgan fingerprint density at radius 1 is 0.960 bits per heavy atom. The Kier molecular flexibility index (Phi) is 3.71. The molecule has 1 saturated heterocycles. The molecule has 0 amide bonds. The summed E-state index contributed by atoms with van der Waals surface area (Å²) in [5.74, 6) is 3.74. The van der Waals surface area contributed by atoms with Gasteiger partial charge in [-0.15, -0.1) is 0 Å². The summed E-state index contributed by atoms with van der Waals surface area (Å²) in [6, 6.07) is 6.88. The van der Waals surface area contributed by atoms with Crippen molar-refractivity contribution in [3.63, 3.8) is 0 Å². The van der Waals surface area contributed by atoms with Crippen LogP contribution in [0.3, 0.4) is 0 Å². The highest BCUT2D eigenvalue weighted by atomic mass is 15.4. The monoisotopic (exact) mass is 338 g/mol. The van der Waals surface area contributed by atoms with E-state index < -0.39 is 0 Å². The first-order valence-corrected chi connectivity index (χ1v) is 10.6. The summed E-state index contributed by atoms with van der Waals surface area (Å²) in [5, 5.41) is 0. The molecule has 25 heavy (non-hydrogen) atoms. The Bertz CT molecular complexity index is 627. The molecule has 0 radical (unpaired) electrons. The van der Waals surface area contributed by atoms with Gasteiger partial charge in [0.05, 0.1) is 6.67 Å². The molecule has 0 spiro atoms. The highest BCUT2D eigenvalue weighted by molar-refractivity contribution is 5.61. The van der Waals surface area contributed by atoms with E-state index in [-0.39, 0.29) is 0 Å². The molecule has 0 atom stereocenters. The summed E-state index contributed by atoms with van der Waals surface area (Å²) in [6.45, 7) is 10.6. The third-order valence-electron chi connectivity index (χ3n) is 7.87. The van der Waals surface area contributed by atoms with Crippen LogP contribution < -0.4 is 4.90 Å². The smallest absolute Gasteiger partial charge is 0.0713 e. The lowest BCUT2D eigenvalue weighted by atomic mass is 9.52. The van der Waals surface area contributed by atoms with Crippen LogP contribution in [0, 0.1) is 24.7 Å². The third-order valence-corrected chi connectivity index (χ3v) is 7.87. The molecular weight excluding hydrogens is 304 g/mol. The van der Waals surface area contributed by atoms with Gasteiger partial charge in [0.15, 0.2) is 0 Å². The Balaban J connectivity index is 1.41. The molecule has 136 valence electrons. The minimum atomic E-state index is 0.560. The van der Waals surface area contributed by atoms with Crippen molar-refractivity contribution < 1.29 is 0 Å². The molecule has 2 nitrogen and oxygen atoms in total. The number of para-hydroxylation sites is 1. The summed E-state index contributed by atoms with van der Waals surface area (Å²) < 4.78 is 0.